The Labute approximate surface area is 114 Å². The zero-order chi connectivity index (χ0) is 14.2. The summed E-state index contributed by atoms with van der Waals surface area (Å²) in [5.41, 5.74) is 0.818. The van der Waals surface area contributed by atoms with Gasteiger partial charge in [0.2, 0.25) is 0 Å². The first-order valence-corrected chi connectivity index (χ1v) is 6.64. The lowest BCUT2D eigenvalue weighted by atomic mass is 10.0. The van der Waals surface area contributed by atoms with Crippen LogP contribution in [0.4, 0.5) is 13.2 Å². The molecule has 0 saturated heterocycles. The maximum atomic E-state index is 13.9. The average Bonchev–Trinajstić information content (AvgIpc) is 2.62. The summed E-state index contributed by atoms with van der Waals surface area (Å²) in [6.45, 7) is 3.83. The molecule has 2 rings (SSSR count). The van der Waals surface area contributed by atoms with Crippen LogP contribution in [0.5, 0.6) is 0 Å². The van der Waals surface area contributed by atoms with Gasteiger partial charge in [-0.3, -0.25) is 0 Å². The molecule has 1 atom stereocenters. The van der Waals surface area contributed by atoms with Crippen molar-refractivity contribution in [1.29, 1.82) is 0 Å². The van der Waals surface area contributed by atoms with Crippen LogP contribution in [0, 0.1) is 31.3 Å². The summed E-state index contributed by atoms with van der Waals surface area (Å²) < 4.78 is 40.7. The van der Waals surface area contributed by atoms with E-state index in [1.165, 1.54) is 11.3 Å². The summed E-state index contributed by atoms with van der Waals surface area (Å²) in [7, 11) is 1.63. The predicted molar refractivity (Wildman–Crippen MR) is 71.0 cm³/mol. The quantitative estimate of drug-likeness (QED) is 0.895. The van der Waals surface area contributed by atoms with Gasteiger partial charge in [0.25, 0.3) is 0 Å². The lowest BCUT2D eigenvalue weighted by Crippen LogP contribution is -2.20. The van der Waals surface area contributed by atoms with Crippen LogP contribution >= 0.6 is 11.3 Å². The highest BCUT2D eigenvalue weighted by atomic mass is 32.1. The molecule has 1 heterocycles. The van der Waals surface area contributed by atoms with Crippen molar-refractivity contribution in [3.05, 3.63) is 56.5 Å². The molecule has 0 fully saturated rings. The van der Waals surface area contributed by atoms with E-state index in [1.807, 2.05) is 19.9 Å². The van der Waals surface area contributed by atoms with Crippen LogP contribution in [0.25, 0.3) is 0 Å². The van der Waals surface area contributed by atoms with Gasteiger partial charge in [0, 0.05) is 27.5 Å². The highest BCUT2D eigenvalue weighted by Crippen LogP contribution is 2.34. The Hall–Kier alpha value is -1.33. The average molecular weight is 285 g/mol. The van der Waals surface area contributed by atoms with Crippen molar-refractivity contribution in [1.82, 2.24) is 5.32 Å². The lowest BCUT2D eigenvalue weighted by molar-refractivity contribution is 0.501. The number of rotatable bonds is 3. The molecular formula is C14H14F3NS. The normalized spacial score (nSPS) is 12.7. The third kappa shape index (κ3) is 2.67. The van der Waals surface area contributed by atoms with Crippen molar-refractivity contribution in [2.75, 3.05) is 7.05 Å². The third-order valence-corrected chi connectivity index (χ3v) is 4.18. The number of hydrogen-bond donors (Lipinski definition) is 1. The van der Waals surface area contributed by atoms with Gasteiger partial charge < -0.3 is 5.32 Å². The Bertz CT molecular complexity index is 584. The number of aryl methyl sites for hydroxylation is 2. The van der Waals surface area contributed by atoms with Gasteiger partial charge in [0.05, 0.1) is 6.04 Å². The van der Waals surface area contributed by atoms with Crippen LogP contribution in [0.1, 0.15) is 26.9 Å². The number of hydrogen-bond acceptors (Lipinski definition) is 2. The van der Waals surface area contributed by atoms with Crippen LogP contribution in [0.2, 0.25) is 0 Å². The van der Waals surface area contributed by atoms with E-state index in [0.29, 0.717) is 12.1 Å². The van der Waals surface area contributed by atoms with E-state index < -0.39 is 23.5 Å². The maximum Gasteiger partial charge on any atom is 0.134 e. The molecule has 5 heteroatoms. The Morgan fingerprint density at radius 3 is 2.05 bits per heavy atom. The van der Waals surface area contributed by atoms with Crippen molar-refractivity contribution in [2.45, 2.75) is 19.9 Å². The zero-order valence-electron chi connectivity index (χ0n) is 10.9. The van der Waals surface area contributed by atoms with Crippen molar-refractivity contribution >= 4 is 11.3 Å². The molecule has 0 aliphatic heterocycles. The molecule has 0 saturated carbocycles. The largest absolute Gasteiger partial charge is 0.308 e. The van der Waals surface area contributed by atoms with Crippen molar-refractivity contribution in [3.63, 3.8) is 0 Å². The summed E-state index contributed by atoms with van der Waals surface area (Å²) in [5, 5.41) is 2.90. The minimum atomic E-state index is -0.910. The molecule has 0 amide bonds. The second-order valence-electron chi connectivity index (χ2n) is 4.41. The first-order valence-electron chi connectivity index (χ1n) is 5.82. The topological polar surface area (TPSA) is 12.0 Å². The van der Waals surface area contributed by atoms with Gasteiger partial charge in [0.1, 0.15) is 17.5 Å². The molecule has 102 valence electrons. The Kier molecular flexibility index (Phi) is 3.96. The molecule has 2 aromatic rings. The van der Waals surface area contributed by atoms with Crippen LogP contribution in [-0.2, 0) is 0 Å². The molecule has 1 unspecified atom stereocenters. The van der Waals surface area contributed by atoms with E-state index in [-0.39, 0.29) is 5.56 Å². The van der Waals surface area contributed by atoms with Gasteiger partial charge in [-0.05, 0) is 32.5 Å². The Balaban J connectivity index is 2.57. The minimum absolute atomic E-state index is 0.145. The van der Waals surface area contributed by atoms with Gasteiger partial charge in [-0.15, -0.1) is 11.3 Å². The van der Waals surface area contributed by atoms with Crippen molar-refractivity contribution in [2.24, 2.45) is 0 Å². The van der Waals surface area contributed by atoms with Crippen LogP contribution in [0.3, 0.4) is 0 Å². The van der Waals surface area contributed by atoms with Gasteiger partial charge in [0.15, 0.2) is 0 Å². The molecule has 1 aromatic carbocycles. The summed E-state index contributed by atoms with van der Waals surface area (Å²) in [6, 6.07) is 2.76. The van der Waals surface area contributed by atoms with Crippen LogP contribution < -0.4 is 5.32 Å². The third-order valence-electron chi connectivity index (χ3n) is 2.96. The number of halogens is 3. The fourth-order valence-corrected chi connectivity index (χ4v) is 3.34. The molecule has 1 nitrogen and oxygen atoms in total. The Morgan fingerprint density at radius 1 is 1.05 bits per heavy atom. The minimum Gasteiger partial charge on any atom is -0.308 e. The van der Waals surface area contributed by atoms with Crippen LogP contribution in [0.15, 0.2) is 18.2 Å². The van der Waals surface area contributed by atoms with E-state index in [9.17, 15) is 13.2 Å². The van der Waals surface area contributed by atoms with E-state index >= 15 is 0 Å². The van der Waals surface area contributed by atoms with Gasteiger partial charge in [-0.2, -0.15) is 0 Å². The molecule has 19 heavy (non-hydrogen) atoms. The fourth-order valence-electron chi connectivity index (χ4n) is 2.18. The summed E-state index contributed by atoms with van der Waals surface area (Å²) >= 11 is 1.47. The first-order chi connectivity index (χ1) is 8.93. The summed E-state index contributed by atoms with van der Waals surface area (Å²) in [5.74, 6) is -2.66. The highest BCUT2D eigenvalue weighted by molar-refractivity contribution is 7.12. The monoisotopic (exact) mass is 285 g/mol. The summed E-state index contributed by atoms with van der Waals surface area (Å²) in [4.78, 5) is 1.90. The van der Waals surface area contributed by atoms with E-state index in [4.69, 9.17) is 0 Å². The van der Waals surface area contributed by atoms with E-state index in [1.54, 1.807) is 7.05 Å². The van der Waals surface area contributed by atoms with E-state index in [0.717, 1.165) is 15.3 Å². The van der Waals surface area contributed by atoms with Crippen LogP contribution in [-0.4, -0.2) is 7.05 Å². The van der Waals surface area contributed by atoms with Gasteiger partial charge >= 0.3 is 0 Å². The Morgan fingerprint density at radius 2 is 1.63 bits per heavy atom. The predicted octanol–water partition coefficient (Wildman–Crippen LogP) is 4.09. The molecule has 1 N–H and O–H groups in total. The molecule has 0 aliphatic carbocycles. The zero-order valence-corrected chi connectivity index (χ0v) is 11.7. The van der Waals surface area contributed by atoms with E-state index in [2.05, 4.69) is 5.32 Å². The molecule has 1 aromatic heterocycles. The number of thiophene rings is 1. The maximum absolute atomic E-state index is 13.9. The standard InChI is InChI=1S/C14H14F3NS/c1-7-4-8(2)19-14(7)13(18-3)12-10(16)5-9(15)6-11(12)17/h4-6,13,18H,1-3H3. The van der Waals surface area contributed by atoms with Crippen molar-refractivity contribution < 1.29 is 13.2 Å². The van der Waals surface area contributed by atoms with Gasteiger partial charge in [-0.25, -0.2) is 13.2 Å². The second-order valence-corrected chi connectivity index (χ2v) is 5.70. The first kappa shape index (κ1) is 14.1. The smallest absolute Gasteiger partial charge is 0.134 e. The molecule has 0 spiro atoms. The SMILES string of the molecule is CNC(c1sc(C)cc1C)c1c(F)cc(F)cc1F. The number of benzene rings is 1. The van der Waals surface area contributed by atoms with Gasteiger partial charge in [-0.1, -0.05) is 0 Å². The highest BCUT2D eigenvalue weighted by Gasteiger charge is 2.24. The lowest BCUT2D eigenvalue weighted by Gasteiger charge is -2.18. The molecule has 0 bridgehead atoms. The summed E-state index contributed by atoms with van der Waals surface area (Å²) in [6.07, 6.45) is 0. The number of nitrogens with one attached hydrogen (secondary N) is 1. The molecule has 0 radical (unpaired) electrons. The van der Waals surface area contributed by atoms with Crippen molar-refractivity contribution in [3.8, 4) is 0 Å². The molecule has 0 aliphatic rings. The molecular weight excluding hydrogens is 271 g/mol. The second kappa shape index (κ2) is 5.35. The fraction of sp³-hybridized carbons (Fsp3) is 0.286.